The molecule has 0 saturated heterocycles. The van der Waals surface area contributed by atoms with E-state index < -0.39 is 0 Å². The third-order valence-electron chi connectivity index (χ3n) is 3.42. The van der Waals surface area contributed by atoms with Gasteiger partial charge in [0.15, 0.2) is 0 Å². The molecule has 0 aliphatic carbocycles. The fraction of sp³-hybridized carbons (Fsp3) is 0.167. The molecule has 0 aliphatic rings. The van der Waals surface area contributed by atoms with Crippen LogP contribution in [0.4, 0.5) is 5.69 Å². The van der Waals surface area contributed by atoms with E-state index in [0.29, 0.717) is 22.7 Å². The van der Waals surface area contributed by atoms with Crippen molar-refractivity contribution in [1.29, 1.82) is 0 Å². The lowest BCUT2D eigenvalue weighted by Gasteiger charge is -2.12. The van der Waals surface area contributed by atoms with E-state index in [-0.39, 0.29) is 5.91 Å². The third-order valence-corrected chi connectivity index (χ3v) is 3.83. The highest BCUT2D eigenvalue weighted by atomic mass is 35.5. The molecule has 3 nitrogen and oxygen atoms in total. The molecule has 22 heavy (non-hydrogen) atoms. The fourth-order valence-electron chi connectivity index (χ4n) is 2.17. The molecule has 2 aromatic carbocycles. The Hall–Kier alpha value is -2.26. The van der Waals surface area contributed by atoms with Gasteiger partial charge < -0.3 is 10.1 Å². The molecule has 4 heteroatoms. The van der Waals surface area contributed by atoms with Gasteiger partial charge in [-0.15, -0.1) is 6.58 Å². The maximum Gasteiger partial charge on any atom is 0.255 e. The van der Waals surface area contributed by atoms with Gasteiger partial charge in [-0.25, -0.2) is 0 Å². The number of hydrogen-bond donors (Lipinski definition) is 1. The number of allylic oxidation sites excluding steroid dienone is 1. The van der Waals surface area contributed by atoms with Crippen LogP contribution in [-0.4, -0.2) is 13.0 Å². The number of methoxy groups -OCH3 is 1. The Morgan fingerprint density at radius 1 is 1.36 bits per heavy atom. The molecule has 0 heterocycles. The van der Waals surface area contributed by atoms with Crippen molar-refractivity contribution in [2.75, 3.05) is 12.4 Å². The average Bonchev–Trinajstić information content (AvgIpc) is 2.52. The summed E-state index contributed by atoms with van der Waals surface area (Å²) in [5.41, 5.74) is 3.04. The molecular formula is C18H18ClNO2. The molecule has 0 aliphatic heterocycles. The maximum absolute atomic E-state index is 12.4. The zero-order valence-electron chi connectivity index (χ0n) is 12.7. The summed E-state index contributed by atoms with van der Waals surface area (Å²) in [7, 11) is 1.61. The molecule has 0 saturated carbocycles. The van der Waals surface area contributed by atoms with Crippen LogP contribution in [0, 0.1) is 6.92 Å². The Labute approximate surface area is 135 Å². The molecule has 2 aromatic rings. The van der Waals surface area contributed by atoms with Crippen LogP contribution in [-0.2, 0) is 6.42 Å². The van der Waals surface area contributed by atoms with E-state index >= 15 is 0 Å². The molecule has 2 rings (SSSR count). The molecule has 114 valence electrons. The second kappa shape index (κ2) is 7.14. The van der Waals surface area contributed by atoms with Crippen molar-refractivity contribution in [2.24, 2.45) is 0 Å². The quantitative estimate of drug-likeness (QED) is 0.816. The van der Waals surface area contributed by atoms with E-state index in [1.165, 1.54) is 0 Å². The van der Waals surface area contributed by atoms with E-state index in [9.17, 15) is 4.79 Å². The summed E-state index contributed by atoms with van der Waals surface area (Å²) in [4.78, 5) is 12.4. The van der Waals surface area contributed by atoms with Crippen LogP contribution >= 0.6 is 11.6 Å². The van der Waals surface area contributed by atoms with Gasteiger partial charge in [-0.2, -0.15) is 0 Å². The lowest BCUT2D eigenvalue weighted by atomic mass is 10.1. The topological polar surface area (TPSA) is 38.3 Å². The Morgan fingerprint density at radius 2 is 2.14 bits per heavy atom. The predicted molar refractivity (Wildman–Crippen MR) is 91.0 cm³/mol. The number of carbonyl (C=O) groups excluding carboxylic acids is 1. The zero-order valence-corrected chi connectivity index (χ0v) is 13.4. The lowest BCUT2D eigenvalue weighted by molar-refractivity contribution is 0.102. The monoisotopic (exact) mass is 315 g/mol. The van der Waals surface area contributed by atoms with Crippen molar-refractivity contribution < 1.29 is 9.53 Å². The number of benzene rings is 2. The van der Waals surface area contributed by atoms with Gasteiger partial charge in [0.1, 0.15) is 5.75 Å². The van der Waals surface area contributed by atoms with Crippen molar-refractivity contribution in [3.05, 3.63) is 70.8 Å². The van der Waals surface area contributed by atoms with Gasteiger partial charge in [-0.3, -0.25) is 4.79 Å². The maximum atomic E-state index is 12.4. The van der Waals surface area contributed by atoms with E-state index in [1.807, 2.05) is 25.1 Å². The summed E-state index contributed by atoms with van der Waals surface area (Å²) in [6, 6.07) is 10.8. The molecular weight excluding hydrogens is 298 g/mol. The predicted octanol–water partition coefficient (Wildman–Crippen LogP) is 4.64. The minimum absolute atomic E-state index is 0.182. The Morgan fingerprint density at radius 3 is 2.82 bits per heavy atom. The second-order valence-electron chi connectivity index (χ2n) is 4.89. The normalized spacial score (nSPS) is 10.1. The van der Waals surface area contributed by atoms with Gasteiger partial charge >= 0.3 is 0 Å². The Balaban J connectivity index is 2.27. The largest absolute Gasteiger partial charge is 0.496 e. The highest BCUT2D eigenvalue weighted by Crippen LogP contribution is 2.25. The summed E-state index contributed by atoms with van der Waals surface area (Å²) in [6.07, 6.45) is 2.42. The molecule has 0 radical (unpaired) electrons. The van der Waals surface area contributed by atoms with E-state index in [0.717, 1.165) is 16.9 Å². The molecule has 0 unspecified atom stereocenters. The Bertz CT molecular complexity index is 710. The highest BCUT2D eigenvalue weighted by molar-refractivity contribution is 6.31. The number of amides is 1. The summed E-state index contributed by atoms with van der Waals surface area (Å²) in [6.45, 7) is 5.59. The van der Waals surface area contributed by atoms with Gasteiger partial charge in [0.2, 0.25) is 0 Å². The van der Waals surface area contributed by atoms with E-state index in [4.69, 9.17) is 16.3 Å². The molecule has 0 bridgehead atoms. The van der Waals surface area contributed by atoms with Crippen molar-refractivity contribution in [3.8, 4) is 5.75 Å². The standard InChI is InChI=1S/C18H18ClNO2/c1-4-6-13-11-14(9-10-17(13)22-3)18(21)20-16-8-5-7-15(19)12(16)2/h4-5,7-11H,1,6H2,2-3H3,(H,20,21). The lowest BCUT2D eigenvalue weighted by Crippen LogP contribution is -2.13. The molecule has 0 aromatic heterocycles. The number of halogens is 1. The first kappa shape index (κ1) is 16.1. The summed E-state index contributed by atoms with van der Waals surface area (Å²) < 4.78 is 5.29. The number of rotatable bonds is 5. The smallest absolute Gasteiger partial charge is 0.255 e. The summed E-state index contributed by atoms with van der Waals surface area (Å²) in [5.74, 6) is 0.564. The molecule has 1 N–H and O–H groups in total. The first-order valence-corrected chi connectivity index (χ1v) is 7.29. The highest BCUT2D eigenvalue weighted by Gasteiger charge is 2.11. The van der Waals surface area contributed by atoms with Gasteiger partial charge in [-0.05, 0) is 54.8 Å². The van der Waals surface area contributed by atoms with Crippen molar-refractivity contribution >= 4 is 23.2 Å². The fourth-order valence-corrected chi connectivity index (χ4v) is 2.35. The second-order valence-corrected chi connectivity index (χ2v) is 5.29. The van der Waals surface area contributed by atoms with Gasteiger partial charge in [0.05, 0.1) is 7.11 Å². The summed E-state index contributed by atoms with van der Waals surface area (Å²) >= 11 is 6.07. The van der Waals surface area contributed by atoms with Gasteiger partial charge in [-0.1, -0.05) is 23.7 Å². The first-order chi connectivity index (χ1) is 10.6. The number of carbonyl (C=O) groups is 1. The van der Waals surface area contributed by atoms with Crippen LogP contribution in [0.2, 0.25) is 5.02 Å². The van der Waals surface area contributed by atoms with E-state index in [1.54, 1.807) is 31.4 Å². The minimum Gasteiger partial charge on any atom is -0.496 e. The zero-order chi connectivity index (χ0) is 16.1. The van der Waals surface area contributed by atoms with Crippen LogP contribution in [0.15, 0.2) is 49.1 Å². The van der Waals surface area contributed by atoms with Crippen molar-refractivity contribution in [1.82, 2.24) is 0 Å². The minimum atomic E-state index is -0.182. The Kier molecular flexibility index (Phi) is 5.23. The summed E-state index contributed by atoms with van der Waals surface area (Å²) in [5, 5.41) is 3.51. The molecule has 0 fully saturated rings. The SMILES string of the molecule is C=CCc1cc(C(=O)Nc2cccc(Cl)c2C)ccc1OC. The number of hydrogen-bond acceptors (Lipinski definition) is 2. The number of ether oxygens (including phenoxy) is 1. The third kappa shape index (κ3) is 3.49. The first-order valence-electron chi connectivity index (χ1n) is 6.91. The van der Waals surface area contributed by atoms with Crippen LogP contribution in [0.5, 0.6) is 5.75 Å². The average molecular weight is 316 g/mol. The van der Waals surface area contributed by atoms with Crippen LogP contribution in [0.25, 0.3) is 0 Å². The molecule has 0 atom stereocenters. The van der Waals surface area contributed by atoms with E-state index in [2.05, 4.69) is 11.9 Å². The van der Waals surface area contributed by atoms with Crippen molar-refractivity contribution in [2.45, 2.75) is 13.3 Å². The van der Waals surface area contributed by atoms with Crippen LogP contribution in [0.3, 0.4) is 0 Å². The molecule has 1 amide bonds. The van der Waals surface area contributed by atoms with Crippen LogP contribution in [0.1, 0.15) is 21.5 Å². The number of nitrogens with one attached hydrogen (secondary N) is 1. The van der Waals surface area contributed by atoms with Crippen LogP contribution < -0.4 is 10.1 Å². The molecule has 0 spiro atoms. The number of anilines is 1. The van der Waals surface area contributed by atoms with Gasteiger partial charge in [0, 0.05) is 16.3 Å². The van der Waals surface area contributed by atoms with Gasteiger partial charge in [0.25, 0.3) is 5.91 Å². The van der Waals surface area contributed by atoms with Crippen molar-refractivity contribution in [3.63, 3.8) is 0 Å².